The number of carbonyl (C=O) groups is 3. The molecule has 0 saturated heterocycles. The molecule has 0 aliphatic carbocycles. The van der Waals surface area contributed by atoms with E-state index in [1.807, 2.05) is 0 Å². The number of ether oxygens (including phenoxy) is 1. The number of esters is 1. The predicted octanol–water partition coefficient (Wildman–Crippen LogP) is 2.31. The molecule has 5 nitrogen and oxygen atoms in total. The van der Waals surface area contributed by atoms with E-state index in [4.69, 9.17) is 11.6 Å². The van der Waals surface area contributed by atoms with Gasteiger partial charge in [-0.1, -0.05) is 12.1 Å². The van der Waals surface area contributed by atoms with Crippen LogP contribution in [0, 0.1) is 5.82 Å². The Morgan fingerprint density at radius 1 is 1.27 bits per heavy atom. The number of amides is 1. The van der Waals surface area contributed by atoms with Gasteiger partial charge in [0.25, 0.3) is 0 Å². The molecule has 1 amide bonds. The zero-order valence-electron chi connectivity index (χ0n) is 12.2. The van der Waals surface area contributed by atoms with Crippen molar-refractivity contribution in [2.24, 2.45) is 0 Å². The van der Waals surface area contributed by atoms with Crippen LogP contribution >= 0.6 is 11.6 Å². The Labute approximate surface area is 133 Å². The number of hydrogen-bond donors (Lipinski definition) is 0. The fourth-order valence-corrected chi connectivity index (χ4v) is 1.96. The van der Waals surface area contributed by atoms with Crippen LogP contribution in [0.25, 0.3) is 0 Å². The zero-order chi connectivity index (χ0) is 16.5. The molecule has 120 valence electrons. The monoisotopic (exact) mass is 329 g/mol. The van der Waals surface area contributed by atoms with Gasteiger partial charge >= 0.3 is 5.97 Å². The summed E-state index contributed by atoms with van der Waals surface area (Å²) in [5.41, 5.74) is -0.0187. The minimum atomic E-state index is -0.675. The molecule has 0 atom stereocenters. The Morgan fingerprint density at radius 3 is 2.55 bits per heavy atom. The van der Waals surface area contributed by atoms with Crippen molar-refractivity contribution in [2.75, 3.05) is 23.9 Å². The number of hydrogen-bond acceptors (Lipinski definition) is 4. The molecule has 0 aliphatic heterocycles. The average molecular weight is 330 g/mol. The summed E-state index contributed by atoms with van der Waals surface area (Å²) in [6, 6.07) is 5.60. The molecule has 0 N–H and O–H groups in total. The maximum Gasteiger partial charge on any atom is 0.313 e. The number of rotatable bonds is 8. The van der Waals surface area contributed by atoms with Crippen molar-refractivity contribution in [1.82, 2.24) is 0 Å². The van der Waals surface area contributed by atoms with Crippen LogP contribution in [0.3, 0.4) is 0 Å². The van der Waals surface area contributed by atoms with Gasteiger partial charge in [-0.15, -0.1) is 11.6 Å². The fraction of sp³-hybridized carbons (Fsp3) is 0.400. The van der Waals surface area contributed by atoms with Crippen LogP contribution in [0.15, 0.2) is 24.3 Å². The topological polar surface area (TPSA) is 63.7 Å². The molecule has 0 aliphatic rings. The second kappa shape index (κ2) is 9.15. The van der Waals surface area contributed by atoms with E-state index in [0.717, 1.165) is 4.90 Å². The first-order chi connectivity index (χ1) is 10.5. The quantitative estimate of drug-likeness (QED) is 0.417. The van der Waals surface area contributed by atoms with E-state index in [9.17, 15) is 18.8 Å². The highest BCUT2D eigenvalue weighted by molar-refractivity contribution is 6.19. The molecule has 0 bridgehead atoms. The van der Waals surface area contributed by atoms with Crippen molar-refractivity contribution in [3.05, 3.63) is 30.1 Å². The summed E-state index contributed by atoms with van der Waals surface area (Å²) in [6.07, 6.45) is -0.504. The second-order valence-electron chi connectivity index (χ2n) is 4.39. The highest BCUT2D eigenvalue weighted by Crippen LogP contribution is 2.20. The first-order valence-corrected chi connectivity index (χ1v) is 7.31. The van der Waals surface area contributed by atoms with Gasteiger partial charge in [-0.25, -0.2) is 4.39 Å². The average Bonchev–Trinajstić information content (AvgIpc) is 2.46. The number of benzene rings is 1. The van der Waals surface area contributed by atoms with Crippen molar-refractivity contribution in [3.8, 4) is 0 Å². The summed E-state index contributed by atoms with van der Waals surface area (Å²) < 4.78 is 18.5. The van der Waals surface area contributed by atoms with Gasteiger partial charge in [-0.2, -0.15) is 0 Å². The van der Waals surface area contributed by atoms with E-state index in [0.29, 0.717) is 0 Å². The molecule has 1 rings (SSSR count). The maximum atomic E-state index is 13.8. The Morgan fingerprint density at radius 2 is 1.95 bits per heavy atom. The van der Waals surface area contributed by atoms with Crippen molar-refractivity contribution >= 4 is 34.9 Å². The van der Waals surface area contributed by atoms with Crippen LogP contribution in [0.5, 0.6) is 0 Å². The van der Waals surface area contributed by atoms with Crippen LogP contribution in [0.1, 0.15) is 19.8 Å². The number of carbonyl (C=O) groups excluding carboxylic acids is 3. The van der Waals surface area contributed by atoms with Crippen molar-refractivity contribution < 1.29 is 23.5 Å². The standard InChI is InChI=1S/C15H17ClFNO4/c1-2-22-15(21)9-11(19)10-18(14(20)7-8-16)13-6-4-3-5-12(13)17/h3-6H,2,7-10H2,1H3. The maximum absolute atomic E-state index is 13.8. The molecule has 1 aromatic carbocycles. The lowest BCUT2D eigenvalue weighted by atomic mass is 10.2. The smallest absolute Gasteiger partial charge is 0.313 e. The van der Waals surface area contributed by atoms with Gasteiger partial charge in [-0.05, 0) is 19.1 Å². The van der Waals surface area contributed by atoms with Gasteiger partial charge in [0.1, 0.15) is 12.2 Å². The Balaban J connectivity index is 2.88. The Kier molecular flexibility index (Phi) is 7.52. The molecule has 0 heterocycles. The molecule has 7 heteroatoms. The molecule has 0 fully saturated rings. The minimum Gasteiger partial charge on any atom is -0.466 e. The number of halogens is 2. The SMILES string of the molecule is CCOC(=O)CC(=O)CN(C(=O)CCCl)c1ccccc1F. The first-order valence-electron chi connectivity index (χ1n) is 6.77. The Bertz CT molecular complexity index is 550. The molecular formula is C15H17ClFNO4. The van der Waals surface area contributed by atoms with Crippen molar-refractivity contribution in [1.29, 1.82) is 0 Å². The van der Waals surface area contributed by atoms with Gasteiger partial charge < -0.3 is 9.64 Å². The molecular weight excluding hydrogens is 313 g/mol. The van der Waals surface area contributed by atoms with E-state index in [1.54, 1.807) is 13.0 Å². The Hall–Kier alpha value is -1.95. The number of alkyl halides is 1. The lowest BCUT2D eigenvalue weighted by Gasteiger charge is -2.22. The summed E-state index contributed by atoms with van der Waals surface area (Å²) >= 11 is 5.53. The molecule has 0 aromatic heterocycles. The number of ketones is 1. The van der Waals surface area contributed by atoms with Crippen LogP contribution in [-0.4, -0.2) is 36.7 Å². The first kappa shape index (κ1) is 18.1. The van der Waals surface area contributed by atoms with E-state index >= 15 is 0 Å². The van der Waals surface area contributed by atoms with E-state index < -0.39 is 36.4 Å². The summed E-state index contributed by atoms with van der Waals surface area (Å²) in [6.45, 7) is 1.38. The lowest BCUT2D eigenvalue weighted by molar-refractivity contribution is -0.145. The third-order valence-electron chi connectivity index (χ3n) is 2.73. The molecule has 0 spiro atoms. The third kappa shape index (κ3) is 5.44. The van der Waals surface area contributed by atoms with Gasteiger partial charge in [0.15, 0.2) is 5.78 Å². The molecule has 22 heavy (non-hydrogen) atoms. The minimum absolute atomic E-state index is 0.0187. The predicted molar refractivity (Wildman–Crippen MR) is 80.3 cm³/mol. The highest BCUT2D eigenvalue weighted by atomic mass is 35.5. The van der Waals surface area contributed by atoms with Crippen LogP contribution in [0.4, 0.5) is 10.1 Å². The molecule has 0 saturated carbocycles. The third-order valence-corrected chi connectivity index (χ3v) is 2.92. The van der Waals surface area contributed by atoms with E-state index in [-0.39, 0.29) is 24.6 Å². The molecule has 0 unspecified atom stereocenters. The number of Topliss-reactive ketones (excluding diaryl/α,β-unsaturated/α-hetero) is 1. The van der Waals surface area contributed by atoms with Crippen molar-refractivity contribution in [2.45, 2.75) is 19.8 Å². The fourth-order valence-electron chi connectivity index (χ4n) is 1.80. The summed E-state index contributed by atoms with van der Waals surface area (Å²) in [4.78, 5) is 36.2. The van der Waals surface area contributed by atoms with Crippen molar-refractivity contribution in [3.63, 3.8) is 0 Å². The number of nitrogens with zero attached hydrogens (tertiary/aromatic N) is 1. The number of anilines is 1. The molecule has 1 aromatic rings. The second-order valence-corrected chi connectivity index (χ2v) is 4.77. The van der Waals surface area contributed by atoms with Gasteiger partial charge in [-0.3, -0.25) is 14.4 Å². The zero-order valence-corrected chi connectivity index (χ0v) is 12.9. The van der Waals surface area contributed by atoms with E-state index in [2.05, 4.69) is 4.74 Å². The summed E-state index contributed by atoms with van der Waals surface area (Å²) in [5, 5.41) is 0. The highest BCUT2D eigenvalue weighted by Gasteiger charge is 2.22. The normalized spacial score (nSPS) is 10.1. The summed E-state index contributed by atoms with van der Waals surface area (Å²) in [7, 11) is 0. The largest absolute Gasteiger partial charge is 0.466 e. The summed E-state index contributed by atoms with van der Waals surface area (Å²) in [5.74, 6) is -2.28. The van der Waals surface area contributed by atoms with Gasteiger partial charge in [0.05, 0.1) is 18.8 Å². The van der Waals surface area contributed by atoms with E-state index in [1.165, 1.54) is 18.2 Å². The van der Waals surface area contributed by atoms with Gasteiger partial charge in [0.2, 0.25) is 5.91 Å². The molecule has 0 radical (unpaired) electrons. The van der Waals surface area contributed by atoms with Crippen LogP contribution in [-0.2, 0) is 19.1 Å². The van der Waals surface area contributed by atoms with Crippen LogP contribution < -0.4 is 4.90 Å². The van der Waals surface area contributed by atoms with Crippen LogP contribution in [0.2, 0.25) is 0 Å². The lowest BCUT2D eigenvalue weighted by Crippen LogP contribution is -2.37. The number of para-hydroxylation sites is 1. The van der Waals surface area contributed by atoms with Gasteiger partial charge in [0, 0.05) is 12.3 Å².